The molecule has 32 heavy (non-hydrogen) atoms. The Balaban J connectivity index is 1.43. The number of nitrogens with zero attached hydrogens (tertiary/aromatic N) is 4. The summed E-state index contributed by atoms with van der Waals surface area (Å²) in [5, 5.41) is 0. The predicted molar refractivity (Wildman–Crippen MR) is 119 cm³/mol. The summed E-state index contributed by atoms with van der Waals surface area (Å²) in [5.41, 5.74) is 8.34. The third-order valence-corrected chi connectivity index (χ3v) is 7.28. The van der Waals surface area contributed by atoms with Crippen LogP contribution in [-0.4, -0.2) is 54.2 Å². The number of methoxy groups -OCH3 is 1. The summed E-state index contributed by atoms with van der Waals surface area (Å²) in [4.78, 5) is 24.8. The van der Waals surface area contributed by atoms with E-state index in [0.717, 1.165) is 25.9 Å². The first kappa shape index (κ1) is 21.1. The van der Waals surface area contributed by atoms with Gasteiger partial charge in [-0.15, -0.1) is 0 Å². The summed E-state index contributed by atoms with van der Waals surface area (Å²) in [6.07, 6.45) is 1.87. The molecule has 0 aliphatic carbocycles. The van der Waals surface area contributed by atoms with E-state index in [-0.39, 0.29) is 28.9 Å². The van der Waals surface area contributed by atoms with Crippen LogP contribution in [-0.2, 0) is 18.3 Å². The van der Waals surface area contributed by atoms with Crippen LogP contribution in [0, 0.1) is 11.2 Å². The van der Waals surface area contributed by atoms with Gasteiger partial charge in [0.05, 0.1) is 43.3 Å². The number of fused-ring (bicyclic) bond motifs is 1. The number of halogens is 1. The molecule has 0 amide bonds. The number of piperidine rings is 1. The van der Waals surface area contributed by atoms with E-state index in [2.05, 4.69) is 9.89 Å². The van der Waals surface area contributed by atoms with E-state index in [1.54, 1.807) is 23.7 Å². The number of benzene rings is 1. The zero-order chi connectivity index (χ0) is 22.6. The minimum Gasteiger partial charge on any atom is -0.494 e. The summed E-state index contributed by atoms with van der Waals surface area (Å²) in [6.45, 7) is 4.55. The largest absolute Gasteiger partial charge is 0.494 e. The second kappa shape index (κ2) is 7.67. The second-order valence-corrected chi connectivity index (χ2v) is 9.00. The van der Waals surface area contributed by atoms with Gasteiger partial charge in [-0.2, -0.15) is 0 Å². The summed E-state index contributed by atoms with van der Waals surface area (Å²) in [5.74, 6) is 0.299. The van der Waals surface area contributed by atoms with Crippen molar-refractivity contribution in [2.45, 2.75) is 38.5 Å². The van der Waals surface area contributed by atoms with Crippen LogP contribution >= 0.6 is 0 Å². The van der Waals surface area contributed by atoms with Crippen molar-refractivity contribution >= 4 is 11.7 Å². The van der Waals surface area contributed by atoms with Gasteiger partial charge in [0.15, 0.2) is 11.6 Å². The Kier molecular flexibility index (Phi) is 5.05. The molecule has 1 aromatic carbocycles. The molecule has 0 radical (unpaired) electrons. The lowest BCUT2D eigenvalue weighted by molar-refractivity contribution is 0.0973. The van der Waals surface area contributed by atoms with Crippen LogP contribution in [0.4, 0.5) is 10.3 Å². The van der Waals surface area contributed by atoms with Crippen LogP contribution in [0.5, 0.6) is 5.75 Å². The van der Waals surface area contributed by atoms with E-state index >= 15 is 0 Å². The zero-order valence-corrected chi connectivity index (χ0v) is 18.6. The van der Waals surface area contributed by atoms with Gasteiger partial charge < -0.3 is 20.1 Å². The Morgan fingerprint density at radius 3 is 2.69 bits per heavy atom. The first-order chi connectivity index (χ1) is 15.3. The fourth-order valence-corrected chi connectivity index (χ4v) is 5.18. The quantitative estimate of drug-likeness (QED) is 0.778. The molecule has 1 spiro atoms. The number of anilines is 1. The van der Waals surface area contributed by atoms with Crippen LogP contribution in [0.1, 0.15) is 36.6 Å². The third-order valence-electron chi connectivity index (χ3n) is 7.28. The van der Waals surface area contributed by atoms with Crippen molar-refractivity contribution in [3.05, 3.63) is 51.2 Å². The summed E-state index contributed by atoms with van der Waals surface area (Å²) in [6, 6.07) is 4.63. The van der Waals surface area contributed by atoms with Gasteiger partial charge in [0, 0.05) is 37.2 Å². The molecule has 2 N–H and O–H groups in total. The number of nitrogens with two attached hydrogens (primary N) is 1. The van der Waals surface area contributed by atoms with Crippen molar-refractivity contribution < 1.29 is 13.9 Å². The molecule has 2 atom stereocenters. The van der Waals surface area contributed by atoms with Crippen molar-refractivity contribution in [3.63, 3.8) is 0 Å². The van der Waals surface area contributed by atoms with E-state index in [4.69, 9.17) is 20.2 Å². The molecule has 8 nitrogen and oxygen atoms in total. The molecule has 2 saturated heterocycles. The molecule has 4 heterocycles. The van der Waals surface area contributed by atoms with Crippen LogP contribution in [0.3, 0.4) is 0 Å². The highest BCUT2D eigenvalue weighted by molar-refractivity contribution is 6.14. The monoisotopic (exact) mass is 441 g/mol. The lowest BCUT2D eigenvalue weighted by Crippen LogP contribution is -2.51. The average Bonchev–Trinajstić information content (AvgIpc) is 3.34. The number of hydrogen-bond acceptors (Lipinski definition) is 7. The minimum absolute atomic E-state index is 0.000228. The minimum atomic E-state index is -0.492. The van der Waals surface area contributed by atoms with Gasteiger partial charge in [-0.3, -0.25) is 14.4 Å². The molecule has 0 unspecified atom stereocenters. The predicted octanol–water partition coefficient (Wildman–Crippen LogP) is 1.61. The summed E-state index contributed by atoms with van der Waals surface area (Å²) in [7, 11) is 3.14. The number of ether oxygens (including phenoxy) is 2. The molecule has 0 saturated carbocycles. The maximum atomic E-state index is 14.2. The van der Waals surface area contributed by atoms with Gasteiger partial charge in [0.25, 0.3) is 5.56 Å². The SMILES string of the molecule is COc1ccc(C2=NCc3nc(N4CCC5(CC4)CO[C@@H](C)[C@H]5N)n(C)c(=O)c32)cc1F. The molecule has 3 aliphatic heterocycles. The molecular formula is C23H28FN5O3. The normalized spacial score (nSPS) is 24.0. The highest BCUT2D eigenvalue weighted by atomic mass is 19.1. The van der Waals surface area contributed by atoms with E-state index in [0.29, 0.717) is 41.6 Å². The number of hydrogen-bond donors (Lipinski definition) is 1. The highest BCUT2D eigenvalue weighted by Gasteiger charge is 2.48. The molecular weight excluding hydrogens is 413 g/mol. The number of aromatic nitrogens is 2. The van der Waals surface area contributed by atoms with Crippen molar-refractivity contribution in [1.29, 1.82) is 0 Å². The summed E-state index contributed by atoms with van der Waals surface area (Å²) < 4.78 is 26.6. The molecule has 2 fully saturated rings. The molecule has 0 bridgehead atoms. The molecule has 3 aliphatic rings. The van der Waals surface area contributed by atoms with Gasteiger partial charge >= 0.3 is 0 Å². The summed E-state index contributed by atoms with van der Waals surface area (Å²) >= 11 is 0. The highest BCUT2D eigenvalue weighted by Crippen LogP contribution is 2.41. The van der Waals surface area contributed by atoms with Crippen LogP contribution in [0.2, 0.25) is 0 Å². The fourth-order valence-electron chi connectivity index (χ4n) is 5.18. The molecule has 9 heteroatoms. The number of aliphatic imine (C=N–C) groups is 1. The maximum absolute atomic E-state index is 14.2. The van der Waals surface area contributed by atoms with Crippen molar-refractivity contribution in [2.75, 3.05) is 31.7 Å². The van der Waals surface area contributed by atoms with Crippen LogP contribution < -0.4 is 20.9 Å². The third kappa shape index (κ3) is 3.14. The van der Waals surface area contributed by atoms with Gasteiger partial charge in [0.2, 0.25) is 5.95 Å². The Morgan fingerprint density at radius 2 is 2.06 bits per heavy atom. The lowest BCUT2D eigenvalue weighted by Gasteiger charge is -2.41. The van der Waals surface area contributed by atoms with Crippen molar-refractivity contribution in [3.8, 4) is 5.75 Å². The molecule has 2 aromatic rings. The van der Waals surface area contributed by atoms with Crippen LogP contribution in [0.15, 0.2) is 28.0 Å². The standard InChI is InChI=1S/C23H28FN5O3/c1-13-20(25)23(12-32-13)6-8-29(9-7-23)22-27-16-11-26-19(18(16)21(30)28(22)2)14-4-5-17(31-3)15(24)10-14/h4-5,10,13,20H,6-9,11-12,25H2,1-3H3/t13-,20+/m0/s1. The van der Waals surface area contributed by atoms with E-state index in [9.17, 15) is 9.18 Å². The Morgan fingerprint density at radius 1 is 1.31 bits per heavy atom. The van der Waals surface area contributed by atoms with Gasteiger partial charge in [-0.25, -0.2) is 9.37 Å². The molecule has 170 valence electrons. The topological polar surface area (TPSA) is 95.0 Å². The molecule has 5 rings (SSSR count). The van der Waals surface area contributed by atoms with Gasteiger partial charge in [-0.05, 0) is 38.0 Å². The van der Waals surface area contributed by atoms with E-state index < -0.39 is 5.82 Å². The first-order valence-corrected chi connectivity index (χ1v) is 11.0. The fraction of sp³-hybridized carbons (Fsp3) is 0.522. The smallest absolute Gasteiger partial charge is 0.264 e. The Bertz CT molecular complexity index is 1150. The lowest BCUT2D eigenvalue weighted by atomic mass is 9.73. The second-order valence-electron chi connectivity index (χ2n) is 9.00. The Hall–Kier alpha value is -2.78. The van der Waals surface area contributed by atoms with E-state index in [1.165, 1.54) is 13.2 Å². The number of rotatable bonds is 3. The van der Waals surface area contributed by atoms with Gasteiger partial charge in [-0.1, -0.05) is 0 Å². The maximum Gasteiger partial charge on any atom is 0.264 e. The zero-order valence-electron chi connectivity index (χ0n) is 18.6. The first-order valence-electron chi connectivity index (χ1n) is 11.0. The van der Waals surface area contributed by atoms with Crippen molar-refractivity contribution in [2.24, 2.45) is 23.2 Å². The van der Waals surface area contributed by atoms with Crippen LogP contribution in [0.25, 0.3) is 0 Å². The average molecular weight is 442 g/mol. The Labute approximate surface area is 185 Å². The van der Waals surface area contributed by atoms with Crippen molar-refractivity contribution in [1.82, 2.24) is 9.55 Å². The van der Waals surface area contributed by atoms with Gasteiger partial charge in [0.1, 0.15) is 0 Å². The molecule has 1 aromatic heterocycles. The van der Waals surface area contributed by atoms with E-state index in [1.807, 2.05) is 6.92 Å².